The average molecular weight is 375 g/mol. The number of hydrogen-bond donors (Lipinski definition) is 2. The molecule has 0 spiro atoms. The van der Waals surface area contributed by atoms with Crippen molar-refractivity contribution in [2.24, 2.45) is 11.8 Å². The summed E-state index contributed by atoms with van der Waals surface area (Å²) in [5.74, 6) is 1.36. The van der Waals surface area contributed by atoms with Crippen LogP contribution in [0.1, 0.15) is 37.7 Å². The summed E-state index contributed by atoms with van der Waals surface area (Å²) in [7, 11) is 0. The monoisotopic (exact) mass is 374 g/mol. The summed E-state index contributed by atoms with van der Waals surface area (Å²) >= 11 is 2.09. The van der Waals surface area contributed by atoms with Gasteiger partial charge in [0, 0.05) is 39.4 Å². The van der Waals surface area contributed by atoms with Gasteiger partial charge in [-0.3, -0.25) is 0 Å². The number of anilines is 1. The Balaban J connectivity index is 1.40. The number of nitrogen functional groups attached to an aromatic ring is 1. The van der Waals surface area contributed by atoms with Gasteiger partial charge in [0.05, 0.1) is 0 Å². The van der Waals surface area contributed by atoms with Crippen molar-refractivity contribution in [1.29, 1.82) is 0 Å². The lowest BCUT2D eigenvalue weighted by Gasteiger charge is -2.26. The molecule has 3 N–H and O–H groups in total. The van der Waals surface area contributed by atoms with E-state index in [0.29, 0.717) is 11.2 Å². The van der Waals surface area contributed by atoms with Gasteiger partial charge in [0.15, 0.2) is 0 Å². The summed E-state index contributed by atoms with van der Waals surface area (Å²) in [5.41, 5.74) is 11.9. The number of nitrogens with one attached hydrogen (secondary N) is 1. The number of fused-ring (bicyclic) bond motifs is 3. The van der Waals surface area contributed by atoms with Gasteiger partial charge in [-0.05, 0) is 55.1 Å². The van der Waals surface area contributed by atoms with E-state index in [1.165, 1.54) is 36.2 Å². The highest BCUT2D eigenvalue weighted by Gasteiger charge is 2.39. The van der Waals surface area contributed by atoms with E-state index < -0.39 is 0 Å². The number of thioether (sulfide) groups is 1. The molecule has 3 unspecified atom stereocenters. The minimum absolute atomic E-state index is 0.616. The summed E-state index contributed by atoms with van der Waals surface area (Å²) in [6.45, 7) is 0. The second-order valence-corrected chi connectivity index (χ2v) is 9.06. The maximum Gasteiger partial charge on any atom is 0.0420 e. The first kappa shape index (κ1) is 17.0. The van der Waals surface area contributed by atoms with Gasteiger partial charge >= 0.3 is 0 Å². The van der Waals surface area contributed by atoms with Crippen LogP contribution in [-0.4, -0.2) is 5.25 Å². The maximum atomic E-state index is 6.26. The molecule has 5 rings (SSSR count). The molecular formula is C24H26N2S. The summed E-state index contributed by atoms with van der Waals surface area (Å²) in [4.78, 5) is 1.63. The predicted octanol–water partition coefficient (Wildman–Crippen LogP) is 5.79. The van der Waals surface area contributed by atoms with E-state index in [4.69, 9.17) is 5.73 Å². The highest BCUT2D eigenvalue weighted by Crippen LogP contribution is 2.52. The van der Waals surface area contributed by atoms with Gasteiger partial charge in [0.1, 0.15) is 0 Å². The van der Waals surface area contributed by atoms with Crippen molar-refractivity contribution in [3.63, 3.8) is 0 Å². The van der Waals surface area contributed by atoms with Gasteiger partial charge in [-0.15, -0.1) is 11.8 Å². The first-order chi connectivity index (χ1) is 13.3. The van der Waals surface area contributed by atoms with Crippen LogP contribution in [0.4, 0.5) is 5.69 Å². The van der Waals surface area contributed by atoms with Crippen molar-refractivity contribution < 1.29 is 0 Å². The van der Waals surface area contributed by atoms with Gasteiger partial charge in [-0.1, -0.05) is 48.6 Å². The van der Waals surface area contributed by atoms with E-state index in [1.807, 2.05) is 12.1 Å². The summed E-state index contributed by atoms with van der Waals surface area (Å²) in [6, 6.07) is 8.17. The zero-order chi connectivity index (χ0) is 18.2. The number of rotatable bonds is 3. The van der Waals surface area contributed by atoms with Crippen LogP contribution >= 0.6 is 11.8 Å². The minimum Gasteiger partial charge on any atom is -0.398 e. The molecule has 1 fully saturated rings. The van der Waals surface area contributed by atoms with E-state index in [2.05, 4.69) is 65.7 Å². The fourth-order valence-electron chi connectivity index (χ4n) is 4.73. The fourth-order valence-corrected chi connectivity index (χ4v) is 6.29. The van der Waals surface area contributed by atoms with Crippen molar-refractivity contribution in [1.82, 2.24) is 5.32 Å². The SMILES string of the molecule is Nc1ccccc1C1=CCCC=C1NC1=CC2C(C=C1)SC1=CCCCC12. The van der Waals surface area contributed by atoms with Gasteiger partial charge in [0.25, 0.3) is 0 Å². The third-order valence-corrected chi connectivity index (χ3v) is 7.55. The van der Waals surface area contributed by atoms with Crippen molar-refractivity contribution in [3.05, 3.63) is 82.6 Å². The topological polar surface area (TPSA) is 38.0 Å². The van der Waals surface area contributed by atoms with E-state index in [-0.39, 0.29) is 0 Å². The van der Waals surface area contributed by atoms with E-state index in [1.54, 1.807) is 4.91 Å². The van der Waals surface area contributed by atoms with Crippen LogP contribution in [0.2, 0.25) is 0 Å². The standard InChI is InChI=1S/C24H26N2S/c25-21-10-4-1-7-17(21)18-8-2-5-11-22(18)26-16-13-14-24-20(15-16)19-9-3-6-12-23(19)27-24/h1,4,7-8,10-15,19-20,24,26H,2-3,5-6,9,25H2. The Kier molecular flexibility index (Phi) is 4.48. The number of hydrogen-bond acceptors (Lipinski definition) is 3. The van der Waals surface area contributed by atoms with E-state index in [9.17, 15) is 0 Å². The molecule has 4 aliphatic rings. The van der Waals surface area contributed by atoms with Crippen LogP contribution in [0, 0.1) is 11.8 Å². The largest absolute Gasteiger partial charge is 0.398 e. The molecule has 1 saturated heterocycles. The molecule has 2 nitrogen and oxygen atoms in total. The van der Waals surface area contributed by atoms with Crippen molar-refractivity contribution in [3.8, 4) is 0 Å². The number of para-hydroxylation sites is 1. The summed E-state index contributed by atoms with van der Waals surface area (Å²) in [5, 5.41) is 4.34. The Morgan fingerprint density at radius 1 is 1.04 bits per heavy atom. The Morgan fingerprint density at radius 2 is 1.93 bits per heavy atom. The molecule has 0 radical (unpaired) electrons. The van der Waals surface area contributed by atoms with Crippen LogP contribution < -0.4 is 11.1 Å². The summed E-state index contributed by atoms with van der Waals surface area (Å²) in [6.07, 6.45) is 20.4. The molecular weight excluding hydrogens is 348 g/mol. The van der Waals surface area contributed by atoms with Gasteiger partial charge in [-0.2, -0.15) is 0 Å². The van der Waals surface area contributed by atoms with Crippen LogP contribution in [0.25, 0.3) is 5.57 Å². The Bertz CT molecular complexity index is 903. The predicted molar refractivity (Wildman–Crippen MR) is 117 cm³/mol. The Labute approximate surface area is 166 Å². The van der Waals surface area contributed by atoms with Crippen molar-refractivity contribution in [2.75, 3.05) is 5.73 Å². The van der Waals surface area contributed by atoms with Gasteiger partial charge < -0.3 is 11.1 Å². The van der Waals surface area contributed by atoms with Gasteiger partial charge in [-0.25, -0.2) is 0 Å². The smallest absolute Gasteiger partial charge is 0.0420 e. The number of allylic oxidation sites excluding steroid dienone is 7. The molecule has 1 aromatic carbocycles. The molecule has 1 aliphatic heterocycles. The molecule has 0 aromatic heterocycles. The molecule has 0 saturated carbocycles. The molecule has 138 valence electrons. The molecule has 1 aromatic rings. The maximum absolute atomic E-state index is 6.26. The molecule has 0 bridgehead atoms. The van der Waals surface area contributed by atoms with Crippen LogP contribution in [-0.2, 0) is 0 Å². The Morgan fingerprint density at radius 3 is 2.85 bits per heavy atom. The zero-order valence-corrected chi connectivity index (χ0v) is 16.3. The second-order valence-electron chi connectivity index (χ2n) is 7.81. The molecule has 27 heavy (non-hydrogen) atoms. The quantitative estimate of drug-likeness (QED) is 0.658. The third-order valence-electron chi connectivity index (χ3n) is 6.07. The minimum atomic E-state index is 0.616. The lowest BCUT2D eigenvalue weighted by molar-refractivity contribution is 0.435. The molecule has 1 heterocycles. The van der Waals surface area contributed by atoms with Gasteiger partial charge in [0.2, 0.25) is 0 Å². The third kappa shape index (κ3) is 3.19. The number of nitrogens with two attached hydrogens (primary N) is 1. The second kappa shape index (κ2) is 7.12. The lowest BCUT2D eigenvalue weighted by Crippen LogP contribution is -2.23. The zero-order valence-electron chi connectivity index (χ0n) is 15.5. The van der Waals surface area contributed by atoms with Crippen LogP contribution in [0.3, 0.4) is 0 Å². The highest BCUT2D eigenvalue weighted by molar-refractivity contribution is 8.04. The number of benzene rings is 1. The van der Waals surface area contributed by atoms with Crippen molar-refractivity contribution in [2.45, 2.75) is 37.4 Å². The molecule has 3 heteroatoms. The van der Waals surface area contributed by atoms with E-state index in [0.717, 1.165) is 30.0 Å². The van der Waals surface area contributed by atoms with Crippen LogP contribution in [0.5, 0.6) is 0 Å². The molecule has 3 atom stereocenters. The lowest BCUT2D eigenvalue weighted by atomic mass is 9.80. The first-order valence-corrected chi connectivity index (χ1v) is 11.0. The Hall–Kier alpha value is -2.13. The highest BCUT2D eigenvalue weighted by atomic mass is 32.2. The average Bonchev–Trinajstić information content (AvgIpc) is 3.07. The van der Waals surface area contributed by atoms with Crippen LogP contribution in [0.15, 0.2) is 77.0 Å². The van der Waals surface area contributed by atoms with E-state index >= 15 is 0 Å². The summed E-state index contributed by atoms with van der Waals surface area (Å²) < 4.78 is 0. The fraction of sp³-hybridized carbons (Fsp3) is 0.333. The first-order valence-electron chi connectivity index (χ1n) is 10.1. The molecule has 0 amide bonds. The normalized spacial score (nSPS) is 29.1. The van der Waals surface area contributed by atoms with Crippen molar-refractivity contribution >= 4 is 23.0 Å². The molecule has 3 aliphatic carbocycles.